The highest BCUT2D eigenvalue weighted by molar-refractivity contribution is 5.76. The lowest BCUT2D eigenvalue weighted by Gasteiger charge is -2.33. The largest absolute Gasteiger partial charge is 0.370 e. The van der Waals surface area contributed by atoms with Gasteiger partial charge in [-0.3, -0.25) is 4.79 Å². The van der Waals surface area contributed by atoms with Crippen molar-refractivity contribution in [3.63, 3.8) is 0 Å². The van der Waals surface area contributed by atoms with Crippen LogP contribution in [0.1, 0.15) is 59.3 Å². The molecule has 1 amide bonds. The van der Waals surface area contributed by atoms with E-state index in [1.807, 2.05) is 6.07 Å². The van der Waals surface area contributed by atoms with Gasteiger partial charge in [-0.1, -0.05) is 13.8 Å². The standard InChI is InChI=1S/C19H33N5O/c1-4-10-20-17-12-18(22-14-21-17)24-11-6-7-16(13-24)8-9-19(25)23-15(3)5-2/h12,14-16H,4-11,13H2,1-3H3,(H,23,25)(H,20,21,22)/t15-,16+/m0/s1. The summed E-state index contributed by atoms with van der Waals surface area (Å²) in [4.78, 5) is 23.1. The number of nitrogens with zero attached hydrogens (tertiary/aromatic N) is 3. The van der Waals surface area contributed by atoms with Crippen molar-refractivity contribution in [3.05, 3.63) is 12.4 Å². The second-order valence-electron chi connectivity index (χ2n) is 7.06. The van der Waals surface area contributed by atoms with Gasteiger partial charge in [0.25, 0.3) is 0 Å². The molecule has 2 N–H and O–H groups in total. The second kappa shape index (κ2) is 10.2. The van der Waals surface area contributed by atoms with Gasteiger partial charge in [0.05, 0.1) is 0 Å². The summed E-state index contributed by atoms with van der Waals surface area (Å²) in [5.41, 5.74) is 0. The third-order valence-electron chi connectivity index (χ3n) is 4.85. The smallest absolute Gasteiger partial charge is 0.220 e. The van der Waals surface area contributed by atoms with Gasteiger partial charge >= 0.3 is 0 Å². The monoisotopic (exact) mass is 347 g/mol. The summed E-state index contributed by atoms with van der Waals surface area (Å²) in [5, 5.41) is 6.38. The van der Waals surface area contributed by atoms with E-state index < -0.39 is 0 Å². The van der Waals surface area contributed by atoms with E-state index in [1.54, 1.807) is 6.33 Å². The van der Waals surface area contributed by atoms with Gasteiger partial charge in [0.15, 0.2) is 0 Å². The van der Waals surface area contributed by atoms with Gasteiger partial charge in [-0.05, 0) is 44.9 Å². The first-order chi connectivity index (χ1) is 12.1. The molecule has 0 bridgehead atoms. The van der Waals surface area contributed by atoms with Crippen molar-refractivity contribution in [3.8, 4) is 0 Å². The highest BCUT2D eigenvalue weighted by atomic mass is 16.1. The Morgan fingerprint density at radius 3 is 3.00 bits per heavy atom. The highest BCUT2D eigenvalue weighted by Gasteiger charge is 2.22. The maximum atomic E-state index is 12.0. The lowest BCUT2D eigenvalue weighted by atomic mass is 9.93. The number of carbonyl (C=O) groups is 1. The number of nitrogens with one attached hydrogen (secondary N) is 2. The lowest BCUT2D eigenvalue weighted by molar-refractivity contribution is -0.122. The molecule has 1 aromatic heterocycles. The molecule has 1 aliphatic heterocycles. The van der Waals surface area contributed by atoms with E-state index in [0.717, 1.165) is 57.0 Å². The number of aromatic nitrogens is 2. The minimum absolute atomic E-state index is 0.180. The number of carbonyl (C=O) groups excluding carboxylic acids is 1. The molecule has 1 saturated heterocycles. The van der Waals surface area contributed by atoms with Gasteiger partial charge in [-0.2, -0.15) is 0 Å². The molecular weight excluding hydrogens is 314 g/mol. The van der Waals surface area contributed by atoms with Gasteiger partial charge in [0.2, 0.25) is 5.91 Å². The van der Waals surface area contributed by atoms with Crippen LogP contribution < -0.4 is 15.5 Å². The van der Waals surface area contributed by atoms with Gasteiger partial charge in [-0.15, -0.1) is 0 Å². The van der Waals surface area contributed by atoms with Gasteiger partial charge in [0, 0.05) is 38.2 Å². The molecule has 2 rings (SSSR count). The molecular formula is C19H33N5O. The Hall–Kier alpha value is -1.85. The minimum Gasteiger partial charge on any atom is -0.370 e. The molecule has 140 valence electrons. The fourth-order valence-electron chi connectivity index (χ4n) is 3.16. The number of amides is 1. The molecule has 6 heteroatoms. The van der Waals surface area contributed by atoms with Gasteiger partial charge in [0.1, 0.15) is 18.0 Å². The van der Waals surface area contributed by atoms with Crippen LogP contribution in [0.15, 0.2) is 12.4 Å². The normalized spacial score (nSPS) is 18.7. The van der Waals surface area contributed by atoms with Crippen LogP contribution in [-0.4, -0.2) is 41.6 Å². The fraction of sp³-hybridized carbons (Fsp3) is 0.737. The molecule has 6 nitrogen and oxygen atoms in total. The number of rotatable bonds is 9. The first-order valence-corrected chi connectivity index (χ1v) is 9.72. The lowest BCUT2D eigenvalue weighted by Crippen LogP contribution is -2.37. The maximum absolute atomic E-state index is 12.0. The van der Waals surface area contributed by atoms with Crippen LogP contribution in [0.25, 0.3) is 0 Å². The van der Waals surface area contributed by atoms with E-state index >= 15 is 0 Å². The number of hydrogen-bond donors (Lipinski definition) is 2. The Morgan fingerprint density at radius 1 is 1.40 bits per heavy atom. The molecule has 0 unspecified atom stereocenters. The Labute approximate surface area is 151 Å². The topological polar surface area (TPSA) is 70.2 Å². The first-order valence-electron chi connectivity index (χ1n) is 9.72. The van der Waals surface area contributed by atoms with Crippen LogP contribution in [0.5, 0.6) is 0 Å². The van der Waals surface area contributed by atoms with E-state index in [9.17, 15) is 4.79 Å². The highest BCUT2D eigenvalue weighted by Crippen LogP contribution is 2.25. The molecule has 2 atom stereocenters. The summed E-state index contributed by atoms with van der Waals surface area (Å²) in [5.74, 6) is 2.61. The molecule has 1 fully saturated rings. The van der Waals surface area contributed by atoms with Crippen LogP contribution in [0, 0.1) is 5.92 Å². The Balaban J connectivity index is 1.85. The van der Waals surface area contributed by atoms with Crippen LogP contribution in [0.4, 0.5) is 11.6 Å². The quantitative estimate of drug-likeness (QED) is 0.718. The van der Waals surface area contributed by atoms with E-state index in [0.29, 0.717) is 12.3 Å². The number of hydrogen-bond acceptors (Lipinski definition) is 5. The van der Waals surface area contributed by atoms with E-state index in [1.165, 1.54) is 6.42 Å². The summed E-state index contributed by atoms with van der Waals surface area (Å²) < 4.78 is 0. The third kappa shape index (κ3) is 6.52. The van der Waals surface area contributed by atoms with Crippen molar-refractivity contribution < 1.29 is 4.79 Å². The SMILES string of the molecule is CCCNc1cc(N2CCC[C@H](CCC(=O)N[C@@H](C)CC)C2)ncn1. The number of anilines is 2. The number of piperidine rings is 1. The Morgan fingerprint density at radius 2 is 2.24 bits per heavy atom. The minimum atomic E-state index is 0.180. The second-order valence-corrected chi connectivity index (χ2v) is 7.06. The van der Waals surface area contributed by atoms with Crippen LogP contribution in [0.3, 0.4) is 0 Å². The first kappa shape index (κ1) is 19.5. The van der Waals surface area contributed by atoms with Crippen molar-refractivity contribution in [2.45, 2.75) is 65.3 Å². The average Bonchev–Trinajstić information content (AvgIpc) is 2.65. The Bertz CT molecular complexity index is 536. The zero-order valence-electron chi connectivity index (χ0n) is 15.9. The van der Waals surface area contributed by atoms with Gasteiger partial charge in [-0.25, -0.2) is 9.97 Å². The molecule has 2 heterocycles. The van der Waals surface area contributed by atoms with Crippen molar-refractivity contribution in [2.75, 3.05) is 29.9 Å². The Kier molecular flexibility index (Phi) is 7.95. The van der Waals surface area contributed by atoms with Crippen LogP contribution >= 0.6 is 0 Å². The van der Waals surface area contributed by atoms with Crippen molar-refractivity contribution >= 4 is 17.5 Å². The zero-order chi connectivity index (χ0) is 18.1. The van der Waals surface area contributed by atoms with E-state index in [2.05, 4.69) is 46.3 Å². The molecule has 0 aliphatic carbocycles. The predicted octanol–water partition coefficient (Wildman–Crippen LogP) is 3.21. The van der Waals surface area contributed by atoms with Crippen LogP contribution in [0.2, 0.25) is 0 Å². The third-order valence-corrected chi connectivity index (χ3v) is 4.85. The summed E-state index contributed by atoms with van der Waals surface area (Å²) in [7, 11) is 0. The predicted molar refractivity (Wildman–Crippen MR) is 103 cm³/mol. The molecule has 0 spiro atoms. The van der Waals surface area contributed by atoms with Crippen LogP contribution in [-0.2, 0) is 4.79 Å². The summed E-state index contributed by atoms with van der Waals surface area (Å²) >= 11 is 0. The van der Waals surface area contributed by atoms with Crippen molar-refractivity contribution in [1.29, 1.82) is 0 Å². The zero-order valence-corrected chi connectivity index (χ0v) is 15.9. The maximum Gasteiger partial charge on any atom is 0.220 e. The molecule has 0 aromatic carbocycles. The van der Waals surface area contributed by atoms with E-state index in [-0.39, 0.29) is 11.9 Å². The fourth-order valence-corrected chi connectivity index (χ4v) is 3.16. The molecule has 25 heavy (non-hydrogen) atoms. The van der Waals surface area contributed by atoms with Crippen molar-refractivity contribution in [1.82, 2.24) is 15.3 Å². The molecule has 1 aliphatic rings. The summed E-state index contributed by atoms with van der Waals surface area (Å²) in [6.45, 7) is 9.21. The average molecular weight is 348 g/mol. The summed E-state index contributed by atoms with van der Waals surface area (Å²) in [6, 6.07) is 2.30. The molecule has 0 radical (unpaired) electrons. The summed E-state index contributed by atoms with van der Waals surface area (Å²) in [6.07, 6.45) is 7.60. The molecule has 0 saturated carbocycles. The van der Waals surface area contributed by atoms with E-state index in [4.69, 9.17) is 0 Å². The van der Waals surface area contributed by atoms with Gasteiger partial charge < -0.3 is 15.5 Å². The van der Waals surface area contributed by atoms with Crippen molar-refractivity contribution in [2.24, 2.45) is 5.92 Å². The molecule has 1 aromatic rings.